The van der Waals surface area contributed by atoms with E-state index in [0.29, 0.717) is 17.2 Å². The van der Waals surface area contributed by atoms with Crippen molar-refractivity contribution < 1.29 is 19.1 Å². The Labute approximate surface area is 204 Å². The molecule has 0 fully saturated rings. The number of esters is 1. The second-order valence-corrected chi connectivity index (χ2v) is 8.85. The van der Waals surface area contributed by atoms with E-state index in [1.807, 2.05) is 66.7 Å². The molecule has 7 heteroatoms. The Morgan fingerprint density at radius 2 is 1.61 bits per heavy atom. The van der Waals surface area contributed by atoms with Crippen molar-refractivity contribution in [2.75, 3.05) is 17.7 Å². The quantitative estimate of drug-likeness (QED) is 0.207. The molecule has 0 aromatic heterocycles. The summed E-state index contributed by atoms with van der Waals surface area (Å²) in [6.07, 6.45) is 0. The van der Waals surface area contributed by atoms with Crippen molar-refractivity contribution in [2.24, 2.45) is 0 Å². The molecule has 33 heavy (non-hydrogen) atoms. The molecule has 0 aliphatic heterocycles. The van der Waals surface area contributed by atoms with Gasteiger partial charge >= 0.3 is 5.97 Å². The van der Waals surface area contributed by atoms with E-state index in [-0.39, 0.29) is 12.4 Å². The first-order chi connectivity index (χ1) is 16.1. The molecule has 0 heterocycles. The van der Waals surface area contributed by atoms with Gasteiger partial charge in [0.1, 0.15) is 11.5 Å². The molecular formula is C26H20BrNO4S. The molecule has 0 saturated heterocycles. The van der Waals surface area contributed by atoms with Crippen LogP contribution < -0.4 is 10.1 Å². The first-order valence-corrected chi connectivity index (χ1v) is 11.9. The van der Waals surface area contributed by atoms with Crippen molar-refractivity contribution in [2.45, 2.75) is 4.90 Å². The first kappa shape index (κ1) is 22.9. The average Bonchev–Trinajstić information content (AvgIpc) is 2.83. The lowest BCUT2D eigenvalue weighted by molar-refractivity contribution is -0.144. The normalized spacial score (nSPS) is 10.6. The second kappa shape index (κ2) is 11.0. The maximum absolute atomic E-state index is 12.2. The van der Waals surface area contributed by atoms with Gasteiger partial charge in [0.15, 0.2) is 6.61 Å². The van der Waals surface area contributed by atoms with Crippen molar-refractivity contribution in [3.8, 4) is 11.5 Å². The van der Waals surface area contributed by atoms with E-state index in [1.165, 1.54) is 11.8 Å². The van der Waals surface area contributed by atoms with Crippen LogP contribution in [-0.4, -0.2) is 24.2 Å². The van der Waals surface area contributed by atoms with E-state index in [1.54, 1.807) is 24.3 Å². The summed E-state index contributed by atoms with van der Waals surface area (Å²) in [5.74, 6) is 0.511. The molecule has 0 aliphatic rings. The number of carbonyl (C=O) groups is 2. The fourth-order valence-electron chi connectivity index (χ4n) is 3.11. The Hall–Kier alpha value is -3.29. The average molecular weight is 522 g/mol. The van der Waals surface area contributed by atoms with Gasteiger partial charge in [-0.2, -0.15) is 0 Å². The number of halogens is 1. The number of fused-ring (bicyclic) bond motifs is 1. The predicted molar refractivity (Wildman–Crippen MR) is 135 cm³/mol. The third kappa shape index (κ3) is 6.37. The molecule has 0 radical (unpaired) electrons. The lowest BCUT2D eigenvalue weighted by atomic mass is 10.1. The zero-order valence-electron chi connectivity index (χ0n) is 17.5. The maximum Gasteiger partial charge on any atom is 0.316 e. The van der Waals surface area contributed by atoms with Crippen LogP contribution in [0.4, 0.5) is 5.69 Å². The Kier molecular flexibility index (Phi) is 7.65. The standard InChI is InChI=1S/C26H20BrNO4S/c27-26-22-12-5-4-7-18(22)13-14-23(26)33-17-25(30)31-16-24(29)28-19-8-6-11-21(15-19)32-20-9-2-1-3-10-20/h1-15H,16-17H2,(H,28,29). The van der Waals surface area contributed by atoms with Gasteiger partial charge in [-0.3, -0.25) is 9.59 Å². The highest BCUT2D eigenvalue weighted by Gasteiger charge is 2.12. The van der Waals surface area contributed by atoms with E-state index in [9.17, 15) is 9.59 Å². The van der Waals surface area contributed by atoms with Gasteiger partial charge in [0.2, 0.25) is 0 Å². The van der Waals surface area contributed by atoms with Crippen LogP contribution in [-0.2, 0) is 14.3 Å². The van der Waals surface area contributed by atoms with Crippen molar-refractivity contribution in [3.05, 3.63) is 95.5 Å². The SMILES string of the molecule is O=C(COC(=O)CSc1ccc2ccccc2c1Br)Nc1cccc(Oc2ccccc2)c1. The molecule has 4 rings (SSSR count). The van der Waals surface area contributed by atoms with Crippen molar-refractivity contribution in [1.82, 2.24) is 0 Å². The van der Waals surface area contributed by atoms with Crippen LogP contribution in [0.15, 0.2) is 100 Å². The molecular weight excluding hydrogens is 502 g/mol. The van der Waals surface area contributed by atoms with Gasteiger partial charge in [0.25, 0.3) is 5.91 Å². The number of hydrogen-bond acceptors (Lipinski definition) is 5. The van der Waals surface area contributed by atoms with Gasteiger partial charge in [-0.1, -0.05) is 54.6 Å². The van der Waals surface area contributed by atoms with Crippen molar-refractivity contribution in [3.63, 3.8) is 0 Å². The summed E-state index contributed by atoms with van der Waals surface area (Å²) in [5, 5.41) is 4.91. The van der Waals surface area contributed by atoms with Crippen LogP contribution in [0.3, 0.4) is 0 Å². The van der Waals surface area contributed by atoms with Gasteiger partial charge < -0.3 is 14.8 Å². The molecule has 1 N–H and O–H groups in total. The number of rotatable bonds is 8. The monoisotopic (exact) mass is 521 g/mol. The summed E-state index contributed by atoms with van der Waals surface area (Å²) in [6.45, 7) is -0.359. The van der Waals surface area contributed by atoms with Crippen molar-refractivity contribution in [1.29, 1.82) is 0 Å². The number of thioether (sulfide) groups is 1. The third-order valence-electron chi connectivity index (χ3n) is 4.63. The van der Waals surface area contributed by atoms with Gasteiger partial charge in [-0.05, 0) is 57.0 Å². The number of anilines is 1. The van der Waals surface area contributed by atoms with Gasteiger partial charge in [0, 0.05) is 21.1 Å². The fraction of sp³-hybridized carbons (Fsp3) is 0.0769. The lowest BCUT2D eigenvalue weighted by Gasteiger charge is -2.10. The summed E-state index contributed by atoms with van der Waals surface area (Å²) in [4.78, 5) is 25.3. The summed E-state index contributed by atoms with van der Waals surface area (Å²) >= 11 is 4.97. The highest BCUT2D eigenvalue weighted by Crippen LogP contribution is 2.34. The van der Waals surface area contributed by atoms with Crippen LogP contribution >= 0.6 is 27.7 Å². The Morgan fingerprint density at radius 1 is 0.848 bits per heavy atom. The Morgan fingerprint density at radius 3 is 2.45 bits per heavy atom. The summed E-state index contributed by atoms with van der Waals surface area (Å²) in [5.41, 5.74) is 0.555. The van der Waals surface area contributed by atoms with E-state index >= 15 is 0 Å². The molecule has 0 unspecified atom stereocenters. The van der Waals surface area contributed by atoms with E-state index < -0.39 is 11.9 Å². The Balaban J connectivity index is 1.26. The molecule has 0 spiro atoms. The number of nitrogens with one attached hydrogen (secondary N) is 1. The summed E-state index contributed by atoms with van der Waals surface area (Å²) < 4.78 is 11.8. The minimum atomic E-state index is -0.462. The molecule has 4 aromatic carbocycles. The van der Waals surface area contributed by atoms with Crippen LogP contribution in [0.2, 0.25) is 0 Å². The van der Waals surface area contributed by atoms with Crippen molar-refractivity contribution >= 4 is 56.0 Å². The number of hydrogen-bond donors (Lipinski definition) is 1. The minimum Gasteiger partial charge on any atom is -0.457 e. The highest BCUT2D eigenvalue weighted by molar-refractivity contribution is 9.10. The first-order valence-electron chi connectivity index (χ1n) is 10.2. The van der Waals surface area contributed by atoms with E-state index in [0.717, 1.165) is 20.1 Å². The molecule has 0 saturated carbocycles. The number of ether oxygens (including phenoxy) is 2. The zero-order valence-corrected chi connectivity index (χ0v) is 19.9. The maximum atomic E-state index is 12.2. The van der Waals surface area contributed by atoms with Crippen LogP contribution in [0.1, 0.15) is 0 Å². The van der Waals surface area contributed by atoms with Crippen LogP contribution in [0.25, 0.3) is 10.8 Å². The third-order valence-corrected chi connectivity index (χ3v) is 6.78. The topological polar surface area (TPSA) is 64.6 Å². The van der Waals surface area contributed by atoms with Gasteiger partial charge in [-0.25, -0.2) is 0 Å². The molecule has 0 aliphatic carbocycles. The Bertz CT molecular complexity index is 1280. The highest BCUT2D eigenvalue weighted by atomic mass is 79.9. The fourth-order valence-corrected chi connectivity index (χ4v) is 4.70. The van der Waals surface area contributed by atoms with Gasteiger partial charge in [-0.15, -0.1) is 11.8 Å². The molecule has 0 atom stereocenters. The minimum absolute atomic E-state index is 0.102. The second-order valence-electron chi connectivity index (χ2n) is 7.04. The summed E-state index contributed by atoms with van der Waals surface area (Å²) in [7, 11) is 0. The largest absolute Gasteiger partial charge is 0.457 e. The number of carbonyl (C=O) groups excluding carboxylic acids is 2. The molecule has 1 amide bonds. The van der Waals surface area contributed by atoms with Crippen LogP contribution in [0, 0.1) is 0 Å². The predicted octanol–water partition coefficient (Wildman–Crippen LogP) is 6.67. The zero-order chi connectivity index (χ0) is 23.0. The van der Waals surface area contributed by atoms with E-state index in [4.69, 9.17) is 9.47 Å². The van der Waals surface area contributed by atoms with Gasteiger partial charge in [0.05, 0.1) is 5.75 Å². The smallest absolute Gasteiger partial charge is 0.316 e. The summed E-state index contributed by atoms with van der Waals surface area (Å²) in [6, 6.07) is 28.4. The lowest BCUT2D eigenvalue weighted by Crippen LogP contribution is -2.21. The number of amides is 1. The molecule has 166 valence electrons. The molecule has 0 bridgehead atoms. The number of para-hydroxylation sites is 1. The van der Waals surface area contributed by atoms with E-state index in [2.05, 4.69) is 21.2 Å². The molecule has 4 aromatic rings. The number of benzene rings is 4. The molecule has 5 nitrogen and oxygen atoms in total. The van der Waals surface area contributed by atoms with Crippen LogP contribution in [0.5, 0.6) is 11.5 Å².